The van der Waals surface area contributed by atoms with Crippen LogP contribution in [0.5, 0.6) is 0 Å². The summed E-state index contributed by atoms with van der Waals surface area (Å²) in [5.41, 5.74) is 5.38. The second-order valence-corrected chi connectivity index (χ2v) is 5.33. The summed E-state index contributed by atoms with van der Waals surface area (Å²) in [6.45, 7) is 2.07. The van der Waals surface area contributed by atoms with Crippen molar-refractivity contribution in [1.29, 1.82) is 0 Å². The first-order chi connectivity index (χ1) is 9.33. The third-order valence-electron chi connectivity index (χ3n) is 3.00. The molecule has 6 heteroatoms. The summed E-state index contributed by atoms with van der Waals surface area (Å²) in [5.74, 6) is 1.12. The van der Waals surface area contributed by atoms with Gasteiger partial charge in [0, 0.05) is 12.0 Å². The standard InChI is InChI=1S/C14H13O.ClHO4/c1-10-6-13-7-11-4-2-3-5-12(11)8-14(13)15-9-10;2-1(3,4)5/h2-6,9H,7-8H2,1H3;(H,2,3,4,5)/q+1;/p-1. The Kier molecular flexibility index (Phi) is 4.37. The highest BCUT2D eigenvalue weighted by atomic mass is 35.7. The van der Waals surface area contributed by atoms with Gasteiger partial charge >= 0.3 is 12.0 Å². The largest absolute Gasteiger partial charge is 0.336 e. The predicted molar refractivity (Wildman–Crippen MR) is 59.9 cm³/mol. The molecule has 0 unspecified atom stereocenters. The minimum atomic E-state index is -4.94. The minimum Gasteiger partial charge on any atom is -0.222 e. The van der Waals surface area contributed by atoms with Crippen molar-refractivity contribution in [2.75, 3.05) is 0 Å². The van der Waals surface area contributed by atoms with Gasteiger partial charge < -0.3 is 0 Å². The van der Waals surface area contributed by atoms with Crippen molar-refractivity contribution < 1.29 is 33.3 Å². The van der Waals surface area contributed by atoms with Crippen LogP contribution in [0.2, 0.25) is 0 Å². The molecular formula is C14H13ClO5. The van der Waals surface area contributed by atoms with Gasteiger partial charge in [-0.1, -0.05) is 24.3 Å². The highest BCUT2D eigenvalue weighted by Crippen LogP contribution is 2.27. The number of halogens is 1. The fraction of sp³-hybridized carbons (Fsp3) is 0.214. The Morgan fingerprint density at radius 3 is 2.10 bits per heavy atom. The lowest BCUT2D eigenvalue weighted by Crippen LogP contribution is -2.68. The molecule has 0 spiro atoms. The number of benzene rings is 1. The summed E-state index contributed by atoms with van der Waals surface area (Å²) >= 11 is 0. The first kappa shape index (κ1) is 14.9. The maximum atomic E-state index is 8.49. The van der Waals surface area contributed by atoms with Crippen LogP contribution in [0.1, 0.15) is 28.0 Å². The molecular weight excluding hydrogens is 284 g/mol. The van der Waals surface area contributed by atoms with E-state index in [1.165, 1.54) is 22.3 Å². The number of fused-ring (bicyclic) bond motifs is 2. The molecule has 0 aliphatic heterocycles. The molecule has 106 valence electrons. The van der Waals surface area contributed by atoms with E-state index in [1.54, 1.807) is 0 Å². The molecule has 1 aromatic carbocycles. The first-order valence-electron chi connectivity index (χ1n) is 5.91. The van der Waals surface area contributed by atoms with Gasteiger partial charge in [0.05, 0.1) is 12.0 Å². The lowest BCUT2D eigenvalue weighted by molar-refractivity contribution is -2.00. The van der Waals surface area contributed by atoms with Crippen molar-refractivity contribution in [1.82, 2.24) is 0 Å². The van der Waals surface area contributed by atoms with E-state index < -0.39 is 10.2 Å². The normalized spacial score (nSPS) is 12.8. The van der Waals surface area contributed by atoms with Gasteiger partial charge in [-0.25, -0.2) is 23.1 Å². The first-order valence-corrected chi connectivity index (χ1v) is 7.15. The van der Waals surface area contributed by atoms with Crippen molar-refractivity contribution in [3.05, 3.63) is 64.6 Å². The monoisotopic (exact) mass is 296 g/mol. The van der Waals surface area contributed by atoms with Crippen LogP contribution in [0.25, 0.3) is 0 Å². The Balaban J connectivity index is 0.000000257. The lowest BCUT2D eigenvalue weighted by Gasteiger charge is -2.17. The average Bonchev–Trinajstić information content (AvgIpc) is 2.34. The van der Waals surface area contributed by atoms with Crippen LogP contribution < -0.4 is 18.6 Å². The van der Waals surface area contributed by atoms with Gasteiger partial charge in [0.1, 0.15) is 0 Å². The number of hydrogen-bond acceptors (Lipinski definition) is 4. The van der Waals surface area contributed by atoms with E-state index in [9.17, 15) is 0 Å². The van der Waals surface area contributed by atoms with E-state index in [0.717, 1.165) is 18.6 Å². The molecule has 0 bridgehead atoms. The zero-order valence-corrected chi connectivity index (χ0v) is 11.6. The highest BCUT2D eigenvalue weighted by Gasteiger charge is 2.23. The fourth-order valence-electron chi connectivity index (χ4n) is 2.21. The zero-order valence-electron chi connectivity index (χ0n) is 10.8. The second kappa shape index (κ2) is 5.87. The molecule has 0 saturated heterocycles. The summed E-state index contributed by atoms with van der Waals surface area (Å²) < 4.78 is 39.6. The van der Waals surface area contributed by atoms with Crippen LogP contribution in [0.15, 0.2) is 41.0 Å². The number of hydrogen-bond donors (Lipinski definition) is 0. The van der Waals surface area contributed by atoms with Gasteiger partial charge in [0.15, 0.2) is 0 Å². The molecule has 1 heterocycles. The molecule has 0 N–H and O–H groups in total. The van der Waals surface area contributed by atoms with Gasteiger partial charge in [0.25, 0.3) is 0 Å². The van der Waals surface area contributed by atoms with Crippen LogP contribution in [0.4, 0.5) is 0 Å². The van der Waals surface area contributed by atoms with Gasteiger partial charge in [-0.3, -0.25) is 0 Å². The quantitative estimate of drug-likeness (QED) is 0.475. The predicted octanol–water partition coefficient (Wildman–Crippen LogP) is -1.39. The van der Waals surface area contributed by atoms with Gasteiger partial charge in [-0.2, -0.15) is 0 Å². The Bertz CT molecular complexity index is 601. The van der Waals surface area contributed by atoms with Crippen molar-refractivity contribution in [2.45, 2.75) is 19.8 Å². The van der Waals surface area contributed by atoms with Crippen LogP contribution in [-0.2, 0) is 12.8 Å². The molecule has 0 atom stereocenters. The summed E-state index contributed by atoms with van der Waals surface area (Å²) in [7, 11) is -4.94. The maximum Gasteiger partial charge on any atom is 0.336 e. The average molecular weight is 297 g/mol. The molecule has 0 saturated carbocycles. The molecule has 0 radical (unpaired) electrons. The van der Waals surface area contributed by atoms with E-state index in [2.05, 4.69) is 37.3 Å². The van der Waals surface area contributed by atoms with Gasteiger partial charge in [-0.15, -0.1) is 10.2 Å². The molecule has 1 aliphatic carbocycles. The van der Waals surface area contributed by atoms with E-state index in [0.29, 0.717) is 0 Å². The van der Waals surface area contributed by atoms with Crippen molar-refractivity contribution >= 4 is 0 Å². The molecule has 5 nitrogen and oxygen atoms in total. The Morgan fingerprint density at radius 2 is 1.50 bits per heavy atom. The van der Waals surface area contributed by atoms with Crippen LogP contribution >= 0.6 is 0 Å². The van der Waals surface area contributed by atoms with Crippen LogP contribution in [0.3, 0.4) is 0 Å². The Hall–Kier alpha value is -1.50. The second-order valence-electron chi connectivity index (χ2n) is 4.57. The third-order valence-corrected chi connectivity index (χ3v) is 3.00. The van der Waals surface area contributed by atoms with Crippen LogP contribution in [0, 0.1) is 17.2 Å². The fourth-order valence-corrected chi connectivity index (χ4v) is 2.21. The SMILES string of the molecule is Cc1c[o+]c2c(c1)Cc1ccccc1C2.[O-][Cl+3]([O-])([O-])[O-]. The van der Waals surface area contributed by atoms with E-state index in [4.69, 9.17) is 23.1 Å². The maximum absolute atomic E-state index is 8.49. The van der Waals surface area contributed by atoms with Gasteiger partial charge in [0.2, 0.25) is 0 Å². The topological polar surface area (TPSA) is 104 Å². The molecule has 2 aromatic rings. The molecule has 20 heavy (non-hydrogen) atoms. The van der Waals surface area contributed by atoms with Gasteiger partial charge in [-0.05, 0) is 24.1 Å². The van der Waals surface area contributed by atoms with Crippen molar-refractivity contribution in [3.63, 3.8) is 0 Å². The summed E-state index contributed by atoms with van der Waals surface area (Å²) in [6, 6.07) is 10.8. The Morgan fingerprint density at radius 1 is 0.950 bits per heavy atom. The number of rotatable bonds is 0. The molecule has 1 aromatic heterocycles. The van der Waals surface area contributed by atoms with Crippen molar-refractivity contribution in [3.8, 4) is 0 Å². The van der Waals surface area contributed by atoms with E-state index in [1.807, 2.05) is 6.26 Å². The lowest BCUT2D eigenvalue weighted by atomic mass is 9.89. The van der Waals surface area contributed by atoms with Crippen LogP contribution in [-0.4, -0.2) is 0 Å². The minimum absolute atomic E-state index is 0.936. The molecule has 0 amide bonds. The number of aryl methyl sites for hydroxylation is 1. The summed E-state index contributed by atoms with van der Waals surface area (Å²) in [4.78, 5) is 0. The van der Waals surface area contributed by atoms with E-state index >= 15 is 0 Å². The Labute approximate surface area is 118 Å². The summed E-state index contributed by atoms with van der Waals surface area (Å²) in [5, 5.41) is 0. The zero-order chi connectivity index (χ0) is 14.8. The highest BCUT2D eigenvalue weighted by molar-refractivity contribution is 5.41. The third kappa shape index (κ3) is 4.26. The summed E-state index contributed by atoms with van der Waals surface area (Å²) in [6.07, 6.45) is 3.79. The van der Waals surface area contributed by atoms with Crippen molar-refractivity contribution in [2.24, 2.45) is 0 Å². The molecule has 1 aliphatic rings. The molecule has 0 fully saturated rings. The van der Waals surface area contributed by atoms with E-state index in [-0.39, 0.29) is 0 Å². The smallest absolute Gasteiger partial charge is 0.222 e. The molecule has 3 rings (SSSR count).